The van der Waals surface area contributed by atoms with Gasteiger partial charge in [-0.1, -0.05) is 6.42 Å². The lowest BCUT2D eigenvalue weighted by Crippen LogP contribution is -2.35. The van der Waals surface area contributed by atoms with Gasteiger partial charge < -0.3 is 5.32 Å². The fourth-order valence-corrected chi connectivity index (χ4v) is 4.55. The monoisotopic (exact) mass is 386 g/mol. The fourth-order valence-electron chi connectivity index (χ4n) is 2.58. The van der Waals surface area contributed by atoms with Crippen molar-refractivity contribution < 1.29 is 13.2 Å². The van der Waals surface area contributed by atoms with E-state index in [2.05, 4.69) is 21.2 Å². The van der Waals surface area contributed by atoms with E-state index in [1.165, 1.54) is 10.4 Å². The second kappa shape index (κ2) is 6.29. The Kier molecular flexibility index (Phi) is 4.56. The number of nitrogens with one attached hydrogen (secondary N) is 1. The molecule has 120 valence electrons. The lowest BCUT2D eigenvalue weighted by Gasteiger charge is -2.26. The molecule has 1 aromatic rings. The molecule has 3 rings (SSSR count). The van der Waals surface area contributed by atoms with Gasteiger partial charge in [-0.3, -0.25) is 4.79 Å². The van der Waals surface area contributed by atoms with Crippen LogP contribution in [0.3, 0.4) is 0 Å². The van der Waals surface area contributed by atoms with Crippen LogP contribution in [0.25, 0.3) is 0 Å². The van der Waals surface area contributed by atoms with Gasteiger partial charge in [0, 0.05) is 23.6 Å². The van der Waals surface area contributed by atoms with Crippen LogP contribution in [-0.4, -0.2) is 37.8 Å². The van der Waals surface area contributed by atoms with Gasteiger partial charge in [0.1, 0.15) is 0 Å². The highest BCUT2D eigenvalue weighted by atomic mass is 79.9. The van der Waals surface area contributed by atoms with Gasteiger partial charge in [0.15, 0.2) is 0 Å². The van der Waals surface area contributed by atoms with Gasteiger partial charge in [-0.25, -0.2) is 8.42 Å². The van der Waals surface area contributed by atoms with E-state index in [1.54, 1.807) is 12.1 Å². The Balaban J connectivity index is 1.88. The highest BCUT2D eigenvalue weighted by molar-refractivity contribution is 9.10. The lowest BCUT2D eigenvalue weighted by atomic mass is 10.2. The molecule has 1 N–H and O–H groups in total. The average Bonchev–Trinajstić information content (AvgIpc) is 3.32. The zero-order chi connectivity index (χ0) is 15.7. The second-order valence-electron chi connectivity index (χ2n) is 5.85. The van der Waals surface area contributed by atoms with Gasteiger partial charge in [0.2, 0.25) is 10.0 Å². The summed E-state index contributed by atoms with van der Waals surface area (Å²) in [5, 5.41) is 2.89. The van der Waals surface area contributed by atoms with E-state index in [4.69, 9.17) is 0 Å². The van der Waals surface area contributed by atoms with Crippen molar-refractivity contribution in [3.05, 3.63) is 28.2 Å². The molecule has 2 fully saturated rings. The summed E-state index contributed by atoms with van der Waals surface area (Å²) < 4.78 is 27.5. The summed E-state index contributed by atoms with van der Waals surface area (Å²) in [6.07, 6.45) is 4.85. The summed E-state index contributed by atoms with van der Waals surface area (Å²) in [7, 11) is -3.52. The van der Waals surface area contributed by atoms with Crippen LogP contribution in [0.5, 0.6) is 0 Å². The zero-order valence-corrected chi connectivity index (χ0v) is 14.6. The molecular weight excluding hydrogens is 368 g/mol. The van der Waals surface area contributed by atoms with E-state index in [1.807, 2.05) is 0 Å². The maximum absolute atomic E-state index is 12.7. The second-order valence-corrected chi connectivity index (χ2v) is 8.65. The number of rotatable bonds is 4. The number of carbonyl (C=O) groups excluding carboxylic acids is 1. The molecule has 0 spiro atoms. The molecule has 2 aliphatic rings. The first-order chi connectivity index (χ1) is 10.5. The van der Waals surface area contributed by atoms with Crippen molar-refractivity contribution in [1.29, 1.82) is 0 Å². The van der Waals surface area contributed by atoms with E-state index in [0.717, 1.165) is 32.1 Å². The van der Waals surface area contributed by atoms with Crippen molar-refractivity contribution >= 4 is 31.9 Å². The van der Waals surface area contributed by atoms with Crippen molar-refractivity contribution in [2.24, 2.45) is 0 Å². The summed E-state index contributed by atoms with van der Waals surface area (Å²) >= 11 is 3.33. The van der Waals surface area contributed by atoms with Crippen molar-refractivity contribution in [2.45, 2.75) is 43.0 Å². The van der Waals surface area contributed by atoms with Gasteiger partial charge in [-0.2, -0.15) is 4.31 Å². The van der Waals surface area contributed by atoms with Gasteiger partial charge >= 0.3 is 0 Å². The summed E-state index contributed by atoms with van der Waals surface area (Å²) in [6.45, 7) is 1.12. The topological polar surface area (TPSA) is 66.5 Å². The lowest BCUT2D eigenvalue weighted by molar-refractivity contribution is 0.0950. The first-order valence-electron chi connectivity index (χ1n) is 7.59. The number of halogens is 1. The number of carbonyl (C=O) groups is 1. The Morgan fingerprint density at radius 3 is 2.50 bits per heavy atom. The SMILES string of the molecule is O=C(NC1CC1)c1cc(S(=O)(=O)N2CCCCC2)ccc1Br. The van der Waals surface area contributed by atoms with E-state index >= 15 is 0 Å². The van der Waals surface area contributed by atoms with Crippen LogP contribution in [0.2, 0.25) is 0 Å². The minimum absolute atomic E-state index is 0.193. The van der Waals surface area contributed by atoms with Gasteiger partial charge in [-0.15, -0.1) is 0 Å². The molecule has 0 unspecified atom stereocenters. The number of nitrogens with zero attached hydrogens (tertiary/aromatic N) is 1. The molecule has 1 amide bonds. The molecule has 1 aliphatic carbocycles. The van der Waals surface area contributed by atoms with Gasteiger partial charge in [0.25, 0.3) is 5.91 Å². The van der Waals surface area contributed by atoms with Crippen LogP contribution in [0.1, 0.15) is 42.5 Å². The normalized spacial score (nSPS) is 19.9. The molecular formula is C15H19BrN2O3S. The van der Waals surface area contributed by atoms with Crippen LogP contribution in [0, 0.1) is 0 Å². The predicted octanol–water partition coefficient (Wildman–Crippen LogP) is 2.52. The molecule has 0 bridgehead atoms. The highest BCUT2D eigenvalue weighted by Gasteiger charge is 2.28. The van der Waals surface area contributed by atoms with E-state index in [0.29, 0.717) is 23.1 Å². The third-order valence-corrected chi connectivity index (χ3v) is 6.63. The first kappa shape index (κ1) is 16.0. The summed E-state index contributed by atoms with van der Waals surface area (Å²) in [5.74, 6) is -0.218. The number of hydrogen-bond donors (Lipinski definition) is 1. The molecule has 0 radical (unpaired) electrons. The number of benzene rings is 1. The highest BCUT2D eigenvalue weighted by Crippen LogP contribution is 2.26. The third-order valence-electron chi connectivity index (χ3n) is 4.05. The zero-order valence-electron chi connectivity index (χ0n) is 12.2. The minimum atomic E-state index is -3.52. The van der Waals surface area contributed by atoms with E-state index < -0.39 is 10.0 Å². The molecule has 1 heterocycles. The van der Waals surface area contributed by atoms with Crippen LogP contribution >= 0.6 is 15.9 Å². The van der Waals surface area contributed by atoms with Crippen molar-refractivity contribution in [2.75, 3.05) is 13.1 Å². The number of hydrogen-bond acceptors (Lipinski definition) is 3. The molecule has 1 saturated carbocycles. The Labute approximate surface area is 139 Å². The predicted molar refractivity (Wildman–Crippen MR) is 87.2 cm³/mol. The van der Waals surface area contributed by atoms with Crippen molar-refractivity contribution in [3.8, 4) is 0 Å². The molecule has 0 aromatic heterocycles. The number of amides is 1. The Morgan fingerprint density at radius 2 is 1.86 bits per heavy atom. The molecule has 0 atom stereocenters. The minimum Gasteiger partial charge on any atom is -0.349 e. The average molecular weight is 387 g/mol. The first-order valence-corrected chi connectivity index (χ1v) is 9.82. The summed E-state index contributed by atoms with van der Waals surface area (Å²) in [4.78, 5) is 12.4. The molecule has 22 heavy (non-hydrogen) atoms. The molecule has 1 aliphatic heterocycles. The molecule has 1 aromatic carbocycles. The number of sulfonamides is 1. The molecule has 5 nitrogen and oxygen atoms in total. The standard InChI is InChI=1S/C15H19BrN2O3S/c16-14-7-6-12(10-13(14)15(19)17-11-4-5-11)22(20,21)18-8-2-1-3-9-18/h6-7,10-11H,1-5,8-9H2,(H,17,19). The van der Waals surface area contributed by atoms with Crippen LogP contribution in [0.4, 0.5) is 0 Å². The summed E-state index contributed by atoms with van der Waals surface area (Å²) in [5.41, 5.74) is 0.380. The van der Waals surface area contributed by atoms with E-state index in [-0.39, 0.29) is 16.8 Å². The maximum Gasteiger partial charge on any atom is 0.252 e. The third kappa shape index (κ3) is 3.36. The number of piperidine rings is 1. The van der Waals surface area contributed by atoms with Crippen molar-refractivity contribution in [1.82, 2.24) is 9.62 Å². The Hall–Kier alpha value is -0.920. The van der Waals surface area contributed by atoms with Gasteiger partial charge in [0.05, 0.1) is 10.5 Å². The molecule has 7 heteroatoms. The maximum atomic E-state index is 12.7. The van der Waals surface area contributed by atoms with Crippen molar-refractivity contribution in [3.63, 3.8) is 0 Å². The molecule has 1 saturated heterocycles. The van der Waals surface area contributed by atoms with Crippen LogP contribution < -0.4 is 5.32 Å². The van der Waals surface area contributed by atoms with Crippen LogP contribution in [-0.2, 0) is 10.0 Å². The largest absolute Gasteiger partial charge is 0.349 e. The Bertz CT molecular complexity index is 680. The van der Waals surface area contributed by atoms with Crippen LogP contribution in [0.15, 0.2) is 27.6 Å². The smallest absolute Gasteiger partial charge is 0.252 e. The Morgan fingerprint density at radius 1 is 1.18 bits per heavy atom. The van der Waals surface area contributed by atoms with Gasteiger partial charge in [-0.05, 0) is 59.8 Å². The fraction of sp³-hybridized carbons (Fsp3) is 0.533. The van der Waals surface area contributed by atoms with E-state index in [9.17, 15) is 13.2 Å². The quantitative estimate of drug-likeness (QED) is 0.864. The summed E-state index contributed by atoms with van der Waals surface area (Å²) in [6, 6.07) is 4.91.